The van der Waals surface area contributed by atoms with Crippen LogP contribution in [0.15, 0.2) is 34.8 Å². The third-order valence-corrected chi connectivity index (χ3v) is 3.66. The highest BCUT2D eigenvalue weighted by Gasteiger charge is 2.37. The molecule has 2 atom stereocenters. The van der Waals surface area contributed by atoms with Crippen molar-refractivity contribution in [2.24, 2.45) is 0 Å². The molecule has 0 aromatic heterocycles. The largest absolute Gasteiger partial charge is 0.480 e. The first-order valence-corrected chi connectivity index (χ1v) is 6.92. The van der Waals surface area contributed by atoms with Gasteiger partial charge in [0.15, 0.2) is 0 Å². The lowest BCUT2D eigenvalue weighted by Crippen LogP contribution is -2.39. The van der Waals surface area contributed by atoms with Crippen LogP contribution in [0.3, 0.4) is 0 Å². The van der Waals surface area contributed by atoms with E-state index in [4.69, 9.17) is 5.11 Å². The Morgan fingerprint density at radius 3 is 2.55 bits per heavy atom. The van der Waals surface area contributed by atoms with Crippen molar-refractivity contribution in [1.82, 2.24) is 4.90 Å². The van der Waals surface area contributed by atoms with E-state index in [2.05, 4.69) is 15.9 Å². The highest BCUT2D eigenvalue weighted by Crippen LogP contribution is 2.19. The van der Waals surface area contributed by atoms with Gasteiger partial charge < -0.3 is 15.1 Å². The summed E-state index contributed by atoms with van der Waals surface area (Å²) in [6.45, 7) is 0.0560. The Bertz CT molecular complexity index is 541. The SMILES string of the molecule is O=C(O)[C@@H]1CC(O)CN1C(=O)/C=C/c1ccc(Br)cc1. The van der Waals surface area contributed by atoms with Gasteiger partial charge in [0.25, 0.3) is 0 Å². The lowest BCUT2D eigenvalue weighted by Gasteiger charge is -2.19. The number of aliphatic hydroxyl groups excluding tert-OH is 1. The molecule has 0 saturated carbocycles. The maximum atomic E-state index is 12.0. The Labute approximate surface area is 124 Å². The number of aliphatic carboxylic acids is 1. The van der Waals surface area contributed by atoms with E-state index in [0.717, 1.165) is 10.0 Å². The minimum Gasteiger partial charge on any atom is -0.480 e. The van der Waals surface area contributed by atoms with Gasteiger partial charge in [0.05, 0.1) is 6.10 Å². The van der Waals surface area contributed by atoms with Crippen molar-refractivity contribution in [2.45, 2.75) is 18.6 Å². The maximum absolute atomic E-state index is 12.0. The molecular formula is C14H14BrNO4. The second-order valence-electron chi connectivity index (χ2n) is 4.62. The van der Waals surface area contributed by atoms with Crippen LogP contribution < -0.4 is 0 Å². The lowest BCUT2D eigenvalue weighted by molar-refractivity contribution is -0.146. The van der Waals surface area contributed by atoms with Gasteiger partial charge in [0, 0.05) is 23.5 Å². The highest BCUT2D eigenvalue weighted by atomic mass is 79.9. The predicted octanol–water partition coefficient (Wildman–Crippen LogP) is 1.51. The third kappa shape index (κ3) is 3.46. The molecule has 1 heterocycles. The van der Waals surface area contributed by atoms with Crippen LogP contribution in [0.5, 0.6) is 0 Å². The minimum atomic E-state index is -1.09. The summed E-state index contributed by atoms with van der Waals surface area (Å²) >= 11 is 3.32. The third-order valence-electron chi connectivity index (χ3n) is 3.14. The molecule has 0 aliphatic carbocycles. The summed E-state index contributed by atoms with van der Waals surface area (Å²) in [6, 6.07) is 6.42. The van der Waals surface area contributed by atoms with Crippen LogP contribution in [-0.4, -0.2) is 45.7 Å². The number of β-amino-alcohol motifs (C(OH)–C–C–N with tert-alkyl or cyclic N) is 1. The highest BCUT2D eigenvalue weighted by molar-refractivity contribution is 9.10. The Kier molecular flexibility index (Phi) is 4.57. The number of carboxylic acids is 1. The summed E-state index contributed by atoms with van der Waals surface area (Å²) in [4.78, 5) is 24.2. The molecule has 2 N–H and O–H groups in total. The van der Waals surface area contributed by atoms with Crippen molar-refractivity contribution in [1.29, 1.82) is 0 Å². The number of aliphatic hydroxyl groups is 1. The fourth-order valence-corrected chi connectivity index (χ4v) is 2.39. The molecule has 0 radical (unpaired) electrons. The first-order chi connectivity index (χ1) is 9.47. The normalized spacial score (nSPS) is 22.4. The van der Waals surface area contributed by atoms with E-state index in [1.165, 1.54) is 11.0 Å². The zero-order valence-electron chi connectivity index (χ0n) is 10.6. The molecule has 1 unspecified atom stereocenters. The van der Waals surface area contributed by atoms with E-state index < -0.39 is 24.0 Å². The number of likely N-dealkylation sites (tertiary alicyclic amines) is 1. The number of halogens is 1. The maximum Gasteiger partial charge on any atom is 0.326 e. The number of amides is 1. The van der Waals surface area contributed by atoms with Gasteiger partial charge in [0.1, 0.15) is 6.04 Å². The molecule has 6 heteroatoms. The number of rotatable bonds is 3. The van der Waals surface area contributed by atoms with Gasteiger partial charge in [-0.25, -0.2) is 4.79 Å². The predicted molar refractivity (Wildman–Crippen MR) is 76.9 cm³/mol. The van der Waals surface area contributed by atoms with Gasteiger partial charge in [-0.3, -0.25) is 4.79 Å². The Morgan fingerprint density at radius 2 is 1.95 bits per heavy atom. The minimum absolute atomic E-state index is 0.0560. The molecule has 1 aromatic carbocycles. The molecule has 20 heavy (non-hydrogen) atoms. The molecule has 0 bridgehead atoms. The second-order valence-corrected chi connectivity index (χ2v) is 5.53. The van der Waals surface area contributed by atoms with Gasteiger partial charge in [-0.05, 0) is 23.8 Å². The lowest BCUT2D eigenvalue weighted by atomic mass is 10.2. The van der Waals surface area contributed by atoms with Crippen LogP contribution >= 0.6 is 15.9 Å². The number of nitrogens with zero attached hydrogens (tertiary/aromatic N) is 1. The Morgan fingerprint density at radius 1 is 1.30 bits per heavy atom. The number of hydrogen-bond donors (Lipinski definition) is 2. The van der Waals surface area contributed by atoms with E-state index in [1.807, 2.05) is 24.3 Å². The van der Waals surface area contributed by atoms with E-state index in [9.17, 15) is 14.7 Å². The van der Waals surface area contributed by atoms with Crippen LogP contribution in [0.1, 0.15) is 12.0 Å². The molecule has 5 nitrogen and oxygen atoms in total. The van der Waals surface area contributed by atoms with Crippen molar-refractivity contribution in [3.8, 4) is 0 Å². The Hall–Kier alpha value is -1.66. The van der Waals surface area contributed by atoms with E-state index >= 15 is 0 Å². The van der Waals surface area contributed by atoms with Crippen LogP contribution in [0.4, 0.5) is 0 Å². The second kappa shape index (κ2) is 6.19. The van der Waals surface area contributed by atoms with Gasteiger partial charge in [-0.1, -0.05) is 28.1 Å². The molecular weight excluding hydrogens is 326 g/mol. The summed E-state index contributed by atoms with van der Waals surface area (Å²) in [7, 11) is 0. The summed E-state index contributed by atoms with van der Waals surface area (Å²) in [5.41, 5.74) is 0.841. The smallest absolute Gasteiger partial charge is 0.326 e. The standard InChI is InChI=1S/C14H14BrNO4/c15-10-4-1-9(2-5-10)3-6-13(18)16-8-11(17)7-12(16)14(19)20/h1-6,11-12,17H,7-8H2,(H,19,20)/b6-3+/t11?,12-/m0/s1. The zero-order chi connectivity index (χ0) is 14.7. The molecule has 1 aliphatic heterocycles. The van der Waals surface area contributed by atoms with Gasteiger partial charge in [-0.15, -0.1) is 0 Å². The summed E-state index contributed by atoms with van der Waals surface area (Å²) in [5.74, 6) is -1.50. The summed E-state index contributed by atoms with van der Waals surface area (Å²) in [5, 5.41) is 18.5. The van der Waals surface area contributed by atoms with Crippen LogP contribution in [0.2, 0.25) is 0 Å². The zero-order valence-corrected chi connectivity index (χ0v) is 12.2. The van der Waals surface area contributed by atoms with Crippen molar-refractivity contribution < 1.29 is 19.8 Å². The molecule has 1 saturated heterocycles. The van der Waals surface area contributed by atoms with Crippen LogP contribution in [0.25, 0.3) is 6.08 Å². The van der Waals surface area contributed by atoms with Gasteiger partial charge in [0.2, 0.25) is 5.91 Å². The number of benzene rings is 1. The fraction of sp³-hybridized carbons (Fsp3) is 0.286. The Balaban J connectivity index is 2.07. The quantitative estimate of drug-likeness (QED) is 0.818. The first kappa shape index (κ1) is 14.7. The van der Waals surface area contributed by atoms with Gasteiger partial charge >= 0.3 is 5.97 Å². The number of carbonyl (C=O) groups excluding carboxylic acids is 1. The van der Waals surface area contributed by atoms with Crippen molar-refractivity contribution in [2.75, 3.05) is 6.54 Å². The molecule has 0 spiro atoms. The topological polar surface area (TPSA) is 77.8 Å². The van der Waals surface area contributed by atoms with E-state index in [1.54, 1.807) is 6.08 Å². The van der Waals surface area contributed by atoms with Crippen molar-refractivity contribution >= 4 is 33.9 Å². The summed E-state index contributed by atoms with van der Waals surface area (Å²) < 4.78 is 0.939. The first-order valence-electron chi connectivity index (χ1n) is 6.12. The number of carbonyl (C=O) groups is 2. The van der Waals surface area contributed by atoms with Crippen molar-refractivity contribution in [3.63, 3.8) is 0 Å². The average molecular weight is 340 g/mol. The molecule has 1 amide bonds. The van der Waals surface area contributed by atoms with Crippen LogP contribution in [0, 0.1) is 0 Å². The molecule has 1 fully saturated rings. The number of carboxylic acid groups (broad SMARTS) is 1. The van der Waals surface area contributed by atoms with E-state index in [0.29, 0.717) is 0 Å². The van der Waals surface area contributed by atoms with Crippen molar-refractivity contribution in [3.05, 3.63) is 40.4 Å². The molecule has 1 aliphatic rings. The number of hydrogen-bond acceptors (Lipinski definition) is 3. The van der Waals surface area contributed by atoms with Gasteiger partial charge in [-0.2, -0.15) is 0 Å². The van der Waals surface area contributed by atoms with Crippen LogP contribution in [-0.2, 0) is 9.59 Å². The molecule has 106 valence electrons. The monoisotopic (exact) mass is 339 g/mol. The average Bonchev–Trinajstić information content (AvgIpc) is 2.80. The fourth-order valence-electron chi connectivity index (χ4n) is 2.13. The summed E-state index contributed by atoms with van der Waals surface area (Å²) in [6.07, 6.45) is 2.25. The molecule has 2 rings (SSSR count). The molecule has 1 aromatic rings. The van der Waals surface area contributed by atoms with E-state index in [-0.39, 0.29) is 13.0 Å².